The molecule has 4 rings (SSSR count). The molecule has 10 heteroatoms. The summed E-state index contributed by atoms with van der Waals surface area (Å²) in [6.45, 7) is 2.36. The van der Waals surface area contributed by atoms with E-state index in [4.69, 9.17) is 13.4 Å². The molecule has 0 spiro atoms. The van der Waals surface area contributed by atoms with Gasteiger partial charge in [0.05, 0.1) is 12.8 Å². The maximum absolute atomic E-state index is 11.6. The van der Waals surface area contributed by atoms with E-state index in [2.05, 4.69) is 0 Å². The van der Waals surface area contributed by atoms with Gasteiger partial charge in [-0.15, -0.1) is 4.74 Å². The highest BCUT2D eigenvalue weighted by Crippen LogP contribution is 2.28. The smallest absolute Gasteiger partial charge is 0.440 e. The number of nitrogens with one attached hydrogen (secondary N) is 1. The van der Waals surface area contributed by atoms with Gasteiger partial charge in [-0.05, 0) is 65.1 Å². The van der Waals surface area contributed by atoms with Crippen LogP contribution in [0.4, 0.5) is 0 Å². The fraction of sp³-hybridized carbons (Fsp3) is 0.167. The Kier molecular flexibility index (Phi) is 6.42. The molecule has 3 aromatic carbocycles. The van der Waals surface area contributed by atoms with E-state index >= 15 is 0 Å². The fourth-order valence-corrected chi connectivity index (χ4v) is 3.91. The number of hydrogen-bond acceptors (Lipinski definition) is 7. The first-order valence-electron chi connectivity index (χ1n) is 10.3. The van der Waals surface area contributed by atoms with Gasteiger partial charge in [-0.25, -0.2) is 14.6 Å². The van der Waals surface area contributed by atoms with E-state index in [-0.39, 0.29) is 12.3 Å². The molecule has 0 unspecified atom stereocenters. The Morgan fingerprint density at radius 2 is 1.68 bits per heavy atom. The molecule has 0 fully saturated rings. The summed E-state index contributed by atoms with van der Waals surface area (Å²) in [6.07, 6.45) is 1.01. The van der Waals surface area contributed by atoms with Gasteiger partial charge in [0.25, 0.3) is 0 Å². The molecular formula is C24H22N2O7S. The molecule has 0 aliphatic heterocycles. The van der Waals surface area contributed by atoms with Crippen molar-refractivity contribution < 1.29 is 21.9 Å². The van der Waals surface area contributed by atoms with E-state index in [9.17, 15) is 18.0 Å². The quantitative estimate of drug-likeness (QED) is 0.383. The number of nitrogens with zero attached hydrogens (tertiary/aromatic N) is 1. The van der Waals surface area contributed by atoms with Gasteiger partial charge < -0.3 is 13.4 Å². The monoisotopic (exact) mass is 482 g/mol. The Balaban J connectivity index is 1.42. The van der Waals surface area contributed by atoms with Crippen LogP contribution >= 0.6 is 0 Å². The molecule has 9 nitrogen and oxygen atoms in total. The largest absolute Gasteiger partial charge is 0.489 e. The molecule has 1 heterocycles. The summed E-state index contributed by atoms with van der Waals surface area (Å²) >= 11 is 0. The van der Waals surface area contributed by atoms with Crippen LogP contribution in [0.25, 0.3) is 11.1 Å². The van der Waals surface area contributed by atoms with Crippen molar-refractivity contribution in [1.29, 1.82) is 0 Å². The second-order valence-electron chi connectivity index (χ2n) is 7.74. The van der Waals surface area contributed by atoms with Gasteiger partial charge in [0.2, 0.25) is 0 Å². The summed E-state index contributed by atoms with van der Waals surface area (Å²) in [7, 11) is -3.58. The van der Waals surface area contributed by atoms with Gasteiger partial charge in [-0.3, -0.25) is 0 Å². The van der Waals surface area contributed by atoms with Crippen molar-refractivity contribution in [3.63, 3.8) is 0 Å². The van der Waals surface area contributed by atoms with Crippen LogP contribution in [0.5, 0.6) is 11.5 Å². The molecule has 0 amide bonds. The minimum atomic E-state index is -3.58. The van der Waals surface area contributed by atoms with Gasteiger partial charge in [-0.1, -0.05) is 36.4 Å². The lowest BCUT2D eigenvalue weighted by molar-refractivity contribution is 0.258. The summed E-state index contributed by atoms with van der Waals surface area (Å²) in [4.78, 5) is 24.7. The number of aryl methyl sites for hydroxylation is 1. The van der Waals surface area contributed by atoms with Crippen LogP contribution in [0.15, 0.2) is 80.8 Å². The second-order valence-corrected chi connectivity index (χ2v) is 9.32. The molecule has 4 aromatic rings. The number of aromatic nitrogens is 2. The zero-order valence-corrected chi connectivity index (χ0v) is 19.3. The molecular weight excluding hydrogens is 460 g/mol. The Morgan fingerprint density at radius 1 is 0.941 bits per heavy atom. The first-order valence-corrected chi connectivity index (χ1v) is 12.1. The maximum Gasteiger partial charge on any atom is 0.440 e. The fourth-order valence-electron chi connectivity index (χ4n) is 3.46. The van der Waals surface area contributed by atoms with Crippen molar-refractivity contribution in [3.8, 4) is 22.6 Å². The Bertz CT molecular complexity index is 1530. The zero-order valence-electron chi connectivity index (χ0n) is 18.5. The van der Waals surface area contributed by atoms with Crippen LogP contribution < -0.4 is 20.4 Å². The molecule has 0 saturated carbocycles. The molecule has 0 saturated heterocycles. The SMILES string of the molecule is Cc1cc(OS(C)(=O)=O)ccc1-c1cccc(COc2ccc(Cn3oc(=O)[nH]c3=O)cc2)c1. The summed E-state index contributed by atoms with van der Waals surface area (Å²) in [6, 6.07) is 20.1. The van der Waals surface area contributed by atoms with Gasteiger partial charge in [0.1, 0.15) is 18.1 Å². The lowest BCUT2D eigenvalue weighted by Crippen LogP contribution is -2.17. The molecule has 0 atom stereocenters. The lowest BCUT2D eigenvalue weighted by Gasteiger charge is -2.11. The van der Waals surface area contributed by atoms with Gasteiger partial charge >= 0.3 is 21.6 Å². The minimum Gasteiger partial charge on any atom is -0.489 e. The Hall–Kier alpha value is -4.05. The third-order valence-corrected chi connectivity index (χ3v) is 5.46. The summed E-state index contributed by atoms with van der Waals surface area (Å²) in [5.74, 6) is 0.131. The van der Waals surface area contributed by atoms with E-state index in [0.717, 1.165) is 38.8 Å². The average molecular weight is 483 g/mol. The number of hydrogen-bond donors (Lipinski definition) is 1. The van der Waals surface area contributed by atoms with Crippen molar-refractivity contribution in [2.45, 2.75) is 20.1 Å². The first-order chi connectivity index (χ1) is 16.2. The molecule has 176 valence electrons. The molecule has 0 aliphatic rings. The van der Waals surface area contributed by atoms with E-state index in [0.29, 0.717) is 12.4 Å². The van der Waals surface area contributed by atoms with Crippen LogP contribution in [0.2, 0.25) is 0 Å². The van der Waals surface area contributed by atoms with Crippen LogP contribution in [-0.2, 0) is 23.3 Å². The van der Waals surface area contributed by atoms with Crippen LogP contribution in [0.3, 0.4) is 0 Å². The average Bonchev–Trinajstić information content (AvgIpc) is 3.09. The topological polar surface area (TPSA) is 121 Å². The molecule has 0 radical (unpaired) electrons. The highest BCUT2D eigenvalue weighted by atomic mass is 32.2. The van der Waals surface area contributed by atoms with E-state index in [1.807, 2.05) is 42.2 Å². The minimum absolute atomic E-state index is 0.132. The number of benzene rings is 3. The standard InChI is InChI=1S/C24H22N2O7S/c1-16-12-21(33-34(2,29)30)10-11-22(16)19-5-3-4-18(13-19)15-31-20-8-6-17(7-9-20)14-26-23(27)25-24(28)32-26/h3-13H,14-15H2,1-2H3,(H,25,27,28). The number of rotatable bonds is 8. The number of ether oxygens (including phenoxy) is 1. The van der Waals surface area contributed by atoms with E-state index in [1.54, 1.807) is 36.4 Å². The van der Waals surface area contributed by atoms with Gasteiger partial charge in [0, 0.05) is 0 Å². The second kappa shape index (κ2) is 9.44. The molecule has 1 aromatic heterocycles. The summed E-state index contributed by atoms with van der Waals surface area (Å²) in [5, 5.41) is 0. The van der Waals surface area contributed by atoms with Crippen molar-refractivity contribution in [1.82, 2.24) is 9.72 Å². The van der Waals surface area contributed by atoms with E-state index in [1.165, 1.54) is 0 Å². The maximum atomic E-state index is 11.6. The van der Waals surface area contributed by atoms with Crippen LogP contribution in [-0.4, -0.2) is 24.4 Å². The van der Waals surface area contributed by atoms with Crippen LogP contribution in [0.1, 0.15) is 16.7 Å². The van der Waals surface area contributed by atoms with Crippen molar-refractivity contribution in [2.75, 3.05) is 6.26 Å². The molecule has 0 bridgehead atoms. The molecule has 0 aliphatic carbocycles. The normalized spacial score (nSPS) is 11.4. The van der Waals surface area contributed by atoms with E-state index < -0.39 is 21.6 Å². The molecule has 34 heavy (non-hydrogen) atoms. The summed E-state index contributed by atoms with van der Waals surface area (Å²) < 4.78 is 39.2. The number of aromatic amines is 1. The Labute approximate surface area is 195 Å². The van der Waals surface area contributed by atoms with Crippen LogP contribution in [0, 0.1) is 6.92 Å². The third-order valence-electron chi connectivity index (χ3n) is 4.97. The third kappa shape index (κ3) is 5.84. The van der Waals surface area contributed by atoms with Crippen molar-refractivity contribution in [3.05, 3.63) is 104 Å². The van der Waals surface area contributed by atoms with Gasteiger partial charge in [0.15, 0.2) is 0 Å². The zero-order chi connectivity index (χ0) is 24.3. The Morgan fingerprint density at radius 3 is 2.32 bits per heavy atom. The number of H-pyrrole nitrogens is 1. The highest BCUT2D eigenvalue weighted by molar-refractivity contribution is 7.86. The first kappa shape index (κ1) is 23.1. The predicted octanol–water partition coefficient (Wildman–Crippen LogP) is 3.07. The molecule has 1 N–H and O–H groups in total. The van der Waals surface area contributed by atoms with Gasteiger partial charge in [-0.2, -0.15) is 8.42 Å². The lowest BCUT2D eigenvalue weighted by atomic mass is 9.99. The summed E-state index contributed by atoms with van der Waals surface area (Å²) in [5.41, 5.74) is 3.94. The van der Waals surface area contributed by atoms with Crippen molar-refractivity contribution >= 4 is 10.1 Å². The van der Waals surface area contributed by atoms with Crippen molar-refractivity contribution in [2.24, 2.45) is 0 Å². The predicted molar refractivity (Wildman–Crippen MR) is 126 cm³/mol. The highest BCUT2D eigenvalue weighted by Gasteiger charge is 2.09.